The van der Waals surface area contributed by atoms with Gasteiger partial charge in [0.2, 0.25) is 11.8 Å². The number of hydrogen-bond acceptors (Lipinski definition) is 9. The number of aryl methyl sites for hydroxylation is 1. The number of piperazine rings is 1. The van der Waals surface area contributed by atoms with Crippen molar-refractivity contribution < 1.29 is 19.1 Å². The zero-order chi connectivity index (χ0) is 38.6. The largest absolute Gasteiger partial charge is 0.381 e. The number of ether oxygens (including phenoxy) is 1. The molecule has 6 heterocycles. The lowest BCUT2D eigenvalue weighted by Crippen LogP contribution is -2.54. The van der Waals surface area contributed by atoms with Crippen molar-refractivity contribution in [1.29, 1.82) is 0 Å². The molecular weight excluding hydrogens is 699 g/mol. The zero-order valence-electron chi connectivity index (χ0n) is 31.9. The summed E-state index contributed by atoms with van der Waals surface area (Å²) in [5.41, 5.74) is 6.51. The molecule has 0 saturated carbocycles. The van der Waals surface area contributed by atoms with Crippen molar-refractivity contribution in [1.82, 2.24) is 24.0 Å². The third kappa shape index (κ3) is 6.84. The van der Waals surface area contributed by atoms with Gasteiger partial charge in [0.05, 0.1) is 23.6 Å². The predicted molar refractivity (Wildman–Crippen MR) is 211 cm³/mol. The number of fused-ring (bicyclic) bond motifs is 3. The quantitative estimate of drug-likeness (QED) is 0.250. The lowest BCUT2D eigenvalue weighted by Gasteiger charge is -2.40. The van der Waals surface area contributed by atoms with Crippen LogP contribution in [0.2, 0.25) is 0 Å². The summed E-state index contributed by atoms with van der Waals surface area (Å²) in [5.74, 6) is 0.0579. The molecule has 1 aromatic carbocycles. The molecule has 8 rings (SSSR count). The Morgan fingerprint density at radius 2 is 1.80 bits per heavy atom. The van der Waals surface area contributed by atoms with E-state index in [0.29, 0.717) is 79.7 Å². The van der Waals surface area contributed by atoms with E-state index in [-0.39, 0.29) is 35.2 Å². The lowest BCUT2D eigenvalue weighted by atomic mass is 9.90. The van der Waals surface area contributed by atoms with E-state index in [4.69, 9.17) is 9.72 Å². The monoisotopic (exact) mass is 745 g/mol. The van der Waals surface area contributed by atoms with Crippen LogP contribution in [0, 0.1) is 12.3 Å². The molecule has 3 amide bonds. The first kappa shape index (κ1) is 36.4. The molecule has 0 radical (unpaired) electrons. The molecule has 3 aromatic heterocycles. The Hall–Kier alpha value is -5.60. The number of benzene rings is 1. The number of pyridine rings is 1. The zero-order valence-corrected chi connectivity index (χ0v) is 31.9. The fourth-order valence-electron chi connectivity index (χ4n) is 8.58. The number of nitrogens with one attached hydrogen (secondary N) is 2. The molecule has 1 aliphatic carbocycles. The van der Waals surface area contributed by atoms with E-state index in [1.807, 2.05) is 13.0 Å². The smallest absolute Gasteiger partial charge is 0.293 e. The Kier molecular flexibility index (Phi) is 9.42. The molecule has 0 unspecified atom stereocenters. The normalized spacial score (nSPS) is 18.6. The molecule has 14 nitrogen and oxygen atoms in total. The van der Waals surface area contributed by atoms with Crippen molar-refractivity contribution in [3.05, 3.63) is 88.2 Å². The first-order valence-corrected chi connectivity index (χ1v) is 18.9. The molecule has 0 bridgehead atoms. The van der Waals surface area contributed by atoms with Gasteiger partial charge in [0.15, 0.2) is 5.82 Å². The molecule has 55 heavy (non-hydrogen) atoms. The second-order valence-electron chi connectivity index (χ2n) is 15.7. The minimum Gasteiger partial charge on any atom is -0.381 e. The van der Waals surface area contributed by atoms with Gasteiger partial charge in [-0.15, -0.1) is 0 Å². The number of carbonyl (C=O) groups excluding carboxylic acids is 3. The van der Waals surface area contributed by atoms with Crippen LogP contribution in [0.4, 0.5) is 28.7 Å². The average Bonchev–Trinajstić information content (AvgIpc) is 3.66. The minimum absolute atomic E-state index is 0.0594. The van der Waals surface area contributed by atoms with Crippen LogP contribution in [0.15, 0.2) is 60.2 Å². The summed E-state index contributed by atoms with van der Waals surface area (Å²) in [6.45, 7) is 14.1. The Bertz CT molecular complexity index is 2290. The molecule has 2 saturated heterocycles. The van der Waals surface area contributed by atoms with Crippen LogP contribution in [-0.4, -0.2) is 87.2 Å². The van der Waals surface area contributed by atoms with Gasteiger partial charge in [0.1, 0.15) is 11.5 Å². The van der Waals surface area contributed by atoms with E-state index in [9.17, 15) is 19.2 Å². The highest BCUT2D eigenvalue weighted by Crippen LogP contribution is 2.40. The van der Waals surface area contributed by atoms with Crippen molar-refractivity contribution in [3.8, 4) is 11.3 Å². The maximum absolute atomic E-state index is 13.9. The lowest BCUT2D eigenvalue weighted by molar-refractivity contribution is -0.122. The summed E-state index contributed by atoms with van der Waals surface area (Å²) in [4.78, 5) is 68.5. The van der Waals surface area contributed by atoms with Crippen LogP contribution < -0.4 is 26.0 Å². The number of carbonyl (C=O) groups is 3. The fraction of sp³-hybridized carbons (Fsp3) is 0.415. The van der Waals surface area contributed by atoms with Crippen molar-refractivity contribution in [3.63, 3.8) is 0 Å². The van der Waals surface area contributed by atoms with Crippen LogP contribution in [0.5, 0.6) is 0 Å². The molecular formula is C41H47N9O5. The van der Waals surface area contributed by atoms with Crippen molar-refractivity contribution in [2.24, 2.45) is 12.5 Å². The van der Waals surface area contributed by atoms with Gasteiger partial charge in [0.25, 0.3) is 11.5 Å². The first-order chi connectivity index (χ1) is 26.4. The topological polar surface area (TPSA) is 147 Å². The predicted octanol–water partition coefficient (Wildman–Crippen LogP) is 4.43. The standard InChI is InChI=1S/C41H47N9O5/c1-6-35(51)44-30-20-27(7-8-32(30)49-14-13-47(24-36(49)52)28-10-17-55-18-11-28)43-37-40(54)46(5)23-31(45-37)29-9-12-42-38(25(29)2)50-16-15-48-33(39(50)53)19-26-21-41(3,4)22-34(26)48/h6-9,12,19-20,23,28H,1,10-11,13-18,21-22,24H2,2-5H3,(H,43,45)(H,44,51). The highest BCUT2D eigenvalue weighted by atomic mass is 16.5. The van der Waals surface area contributed by atoms with Gasteiger partial charge >= 0.3 is 0 Å². The van der Waals surface area contributed by atoms with Crippen LogP contribution >= 0.6 is 0 Å². The van der Waals surface area contributed by atoms with Gasteiger partial charge in [-0.05, 0) is 80.0 Å². The molecule has 14 heteroatoms. The van der Waals surface area contributed by atoms with E-state index in [1.165, 1.54) is 21.9 Å². The summed E-state index contributed by atoms with van der Waals surface area (Å²) in [7, 11) is 1.66. The molecule has 0 atom stereocenters. The number of anilines is 5. The molecule has 2 fully saturated rings. The van der Waals surface area contributed by atoms with Crippen LogP contribution in [0.1, 0.15) is 54.0 Å². The maximum atomic E-state index is 13.9. The van der Waals surface area contributed by atoms with Gasteiger partial charge in [-0.1, -0.05) is 20.4 Å². The first-order valence-electron chi connectivity index (χ1n) is 18.9. The van der Waals surface area contributed by atoms with Crippen molar-refractivity contribution in [2.45, 2.75) is 59.0 Å². The van der Waals surface area contributed by atoms with Crippen molar-refractivity contribution >= 4 is 46.4 Å². The Balaban J connectivity index is 1.06. The Morgan fingerprint density at radius 1 is 1.02 bits per heavy atom. The molecule has 2 N–H and O–H groups in total. The highest BCUT2D eigenvalue weighted by molar-refractivity contribution is 6.07. The second-order valence-corrected chi connectivity index (χ2v) is 15.7. The number of aromatic nitrogens is 4. The third-order valence-corrected chi connectivity index (χ3v) is 11.4. The van der Waals surface area contributed by atoms with E-state index in [1.54, 1.807) is 47.4 Å². The second kappa shape index (κ2) is 14.2. The van der Waals surface area contributed by atoms with Gasteiger partial charge in [0, 0.05) is 87.4 Å². The third-order valence-electron chi connectivity index (χ3n) is 11.4. The fourth-order valence-corrected chi connectivity index (χ4v) is 8.58. The minimum atomic E-state index is -0.430. The highest BCUT2D eigenvalue weighted by Gasteiger charge is 2.38. The van der Waals surface area contributed by atoms with Crippen LogP contribution in [0.25, 0.3) is 11.3 Å². The number of nitrogens with zero attached hydrogens (tertiary/aromatic N) is 7. The molecule has 4 aliphatic rings. The summed E-state index contributed by atoms with van der Waals surface area (Å²) in [6.07, 6.45) is 8.22. The molecule has 286 valence electrons. The molecule has 4 aromatic rings. The van der Waals surface area contributed by atoms with E-state index in [0.717, 1.165) is 36.8 Å². The van der Waals surface area contributed by atoms with Gasteiger partial charge in [-0.2, -0.15) is 0 Å². The van der Waals surface area contributed by atoms with Gasteiger partial charge in [-0.25, -0.2) is 9.97 Å². The van der Waals surface area contributed by atoms with Crippen LogP contribution in [-0.2, 0) is 40.8 Å². The van der Waals surface area contributed by atoms with Gasteiger partial charge in [-0.3, -0.25) is 29.0 Å². The van der Waals surface area contributed by atoms with E-state index < -0.39 is 5.91 Å². The summed E-state index contributed by atoms with van der Waals surface area (Å²) in [5, 5.41) is 6.00. The van der Waals surface area contributed by atoms with Crippen molar-refractivity contribution in [2.75, 3.05) is 59.8 Å². The summed E-state index contributed by atoms with van der Waals surface area (Å²) in [6, 6.07) is 9.41. The molecule has 3 aliphatic heterocycles. The Labute approximate surface area is 319 Å². The summed E-state index contributed by atoms with van der Waals surface area (Å²) >= 11 is 0. The molecule has 0 spiro atoms. The number of rotatable bonds is 8. The summed E-state index contributed by atoms with van der Waals surface area (Å²) < 4.78 is 9.15. The Morgan fingerprint density at radius 3 is 2.56 bits per heavy atom. The van der Waals surface area contributed by atoms with E-state index in [2.05, 4.69) is 51.6 Å². The maximum Gasteiger partial charge on any atom is 0.293 e. The SMILES string of the molecule is C=CC(=O)Nc1cc(Nc2nc(-c3ccnc(N4CCn5c(cc6c5CC(C)(C)C6)C4=O)c3C)cn(C)c2=O)ccc1N1CCN(C2CCOCC2)CC1=O. The average molecular weight is 746 g/mol. The number of hydrogen-bond donors (Lipinski definition) is 2. The van der Waals surface area contributed by atoms with Gasteiger partial charge < -0.3 is 29.4 Å². The van der Waals surface area contributed by atoms with Crippen LogP contribution in [0.3, 0.4) is 0 Å². The number of amides is 3. The van der Waals surface area contributed by atoms with E-state index >= 15 is 0 Å².